The average Bonchev–Trinajstić information content (AvgIpc) is 3.55. The van der Waals surface area contributed by atoms with Crippen LogP contribution in [-0.4, -0.2) is 41.4 Å². The molecule has 2 aromatic heterocycles. The van der Waals surface area contributed by atoms with Crippen molar-refractivity contribution in [2.45, 2.75) is 5.16 Å². The Bertz CT molecular complexity index is 1470. The first-order valence-electron chi connectivity index (χ1n) is 10.4. The third kappa shape index (κ3) is 4.80. The summed E-state index contributed by atoms with van der Waals surface area (Å²) >= 11 is 1.12. The van der Waals surface area contributed by atoms with Crippen molar-refractivity contribution in [2.75, 3.05) is 11.1 Å². The Kier molecular flexibility index (Phi) is 6.31. The van der Waals surface area contributed by atoms with Gasteiger partial charge in [0, 0.05) is 5.69 Å². The zero-order valence-corrected chi connectivity index (χ0v) is 18.9. The van der Waals surface area contributed by atoms with Crippen molar-refractivity contribution in [2.24, 2.45) is 0 Å². The lowest BCUT2D eigenvalue weighted by Crippen LogP contribution is -2.16. The van der Waals surface area contributed by atoms with E-state index < -0.39 is 11.6 Å². The summed E-state index contributed by atoms with van der Waals surface area (Å²) < 4.78 is 31.2. The maximum absolute atomic E-state index is 14.5. The van der Waals surface area contributed by atoms with Gasteiger partial charge >= 0.3 is 0 Å². The largest absolute Gasteiger partial charge is 0.323 e. The number of carbonyl (C=O) groups is 1. The molecule has 5 aromatic rings. The number of anilines is 1. The highest BCUT2D eigenvalue weighted by Gasteiger charge is 2.20. The number of rotatable bonds is 7. The molecule has 0 spiro atoms. The number of aromatic nitrogens is 6. The molecule has 1 amide bonds. The highest BCUT2D eigenvalue weighted by molar-refractivity contribution is 7.99. The van der Waals surface area contributed by atoms with Crippen LogP contribution in [0.15, 0.2) is 90.3 Å². The standard InChI is InChI=1S/C24H17F2N7OS/c25-16-9-11-17(12-10-16)33-23(18-5-1-2-6-19(18)26)29-30-24(33)35-15-22(34)28-20-7-3-4-8-21(20)32-14-13-27-31-32/h1-14H,15H2,(H,28,34). The molecule has 0 aliphatic rings. The number of carbonyl (C=O) groups excluding carboxylic acids is 1. The van der Waals surface area contributed by atoms with Crippen LogP contribution in [-0.2, 0) is 4.79 Å². The number of halogens is 2. The lowest BCUT2D eigenvalue weighted by molar-refractivity contribution is -0.113. The first-order chi connectivity index (χ1) is 17.1. The topological polar surface area (TPSA) is 90.5 Å². The van der Waals surface area contributed by atoms with E-state index in [0.29, 0.717) is 22.2 Å². The molecule has 2 heterocycles. The van der Waals surface area contributed by atoms with Crippen molar-refractivity contribution in [1.29, 1.82) is 0 Å². The van der Waals surface area contributed by atoms with Crippen molar-refractivity contribution < 1.29 is 13.6 Å². The van der Waals surface area contributed by atoms with Crippen LogP contribution in [0.25, 0.3) is 22.8 Å². The van der Waals surface area contributed by atoms with E-state index in [1.54, 1.807) is 64.1 Å². The van der Waals surface area contributed by atoms with Gasteiger partial charge < -0.3 is 5.32 Å². The van der Waals surface area contributed by atoms with Gasteiger partial charge in [0.15, 0.2) is 11.0 Å². The van der Waals surface area contributed by atoms with E-state index in [4.69, 9.17) is 0 Å². The average molecular weight is 490 g/mol. The van der Waals surface area contributed by atoms with Gasteiger partial charge in [0.2, 0.25) is 5.91 Å². The van der Waals surface area contributed by atoms with Gasteiger partial charge in [0.25, 0.3) is 0 Å². The molecule has 0 unspecified atom stereocenters. The van der Waals surface area contributed by atoms with Crippen LogP contribution in [0.1, 0.15) is 0 Å². The number of hydrogen-bond acceptors (Lipinski definition) is 6. The summed E-state index contributed by atoms with van der Waals surface area (Å²) in [6.45, 7) is 0. The van der Waals surface area contributed by atoms with Gasteiger partial charge in [0.1, 0.15) is 11.6 Å². The molecule has 5 rings (SSSR count). The highest BCUT2D eigenvalue weighted by atomic mass is 32.2. The fraction of sp³-hybridized carbons (Fsp3) is 0.0417. The van der Waals surface area contributed by atoms with Crippen molar-refractivity contribution in [3.63, 3.8) is 0 Å². The molecular weight excluding hydrogens is 472 g/mol. The number of nitrogens with zero attached hydrogens (tertiary/aromatic N) is 6. The minimum atomic E-state index is -0.470. The minimum Gasteiger partial charge on any atom is -0.323 e. The SMILES string of the molecule is O=C(CSc1nnc(-c2ccccc2F)n1-c1ccc(F)cc1)Nc1ccccc1-n1ccnn1. The fourth-order valence-electron chi connectivity index (χ4n) is 3.44. The molecule has 0 atom stereocenters. The molecule has 0 aliphatic heterocycles. The summed E-state index contributed by atoms with van der Waals surface area (Å²) in [6.07, 6.45) is 3.22. The van der Waals surface area contributed by atoms with Crippen molar-refractivity contribution in [1.82, 2.24) is 29.8 Å². The molecule has 0 radical (unpaired) electrons. The number of benzene rings is 3. The molecule has 0 saturated carbocycles. The van der Waals surface area contributed by atoms with Crippen LogP contribution in [0.5, 0.6) is 0 Å². The van der Waals surface area contributed by atoms with Gasteiger partial charge in [-0.25, -0.2) is 13.5 Å². The van der Waals surface area contributed by atoms with E-state index >= 15 is 0 Å². The number of para-hydroxylation sites is 2. The van der Waals surface area contributed by atoms with Crippen molar-refractivity contribution >= 4 is 23.4 Å². The first-order valence-corrected chi connectivity index (χ1v) is 11.4. The summed E-state index contributed by atoms with van der Waals surface area (Å²) in [6, 6.07) is 19.1. The molecule has 174 valence electrons. The molecule has 35 heavy (non-hydrogen) atoms. The Hall–Kier alpha value is -4.38. The maximum Gasteiger partial charge on any atom is 0.234 e. The third-order valence-electron chi connectivity index (χ3n) is 5.01. The van der Waals surface area contributed by atoms with Crippen LogP contribution in [0.4, 0.5) is 14.5 Å². The van der Waals surface area contributed by atoms with Crippen molar-refractivity contribution in [3.05, 3.63) is 96.8 Å². The molecule has 0 aliphatic carbocycles. The fourth-order valence-corrected chi connectivity index (χ4v) is 4.19. The summed E-state index contributed by atoms with van der Waals surface area (Å²) in [5.74, 6) is -0.920. The summed E-state index contributed by atoms with van der Waals surface area (Å²) in [5, 5.41) is 19.3. The molecule has 0 saturated heterocycles. The summed E-state index contributed by atoms with van der Waals surface area (Å²) in [7, 11) is 0. The second kappa shape index (κ2) is 9.85. The molecule has 8 nitrogen and oxygen atoms in total. The van der Waals surface area contributed by atoms with E-state index in [2.05, 4.69) is 25.8 Å². The highest BCUT2D eigenvalue weighted by Crippen LogP contribution is 2.30. The van der Waals surface area contributed by atoms with Gasteiger partial charge in [-0.05, 0) is 48.5 Å². The lowest BCUT2D eigenvalue weighted by Gasteiger charge is -2.12. The van der Waals surface area contributed by atoms with E-state index in [1.165, 1.54) is 18.2 Å². The monoisotopic (exact) mass is 489 g/mol. The summed E-state index contributed by atoms with van der Waals surface area (Å²) in [5.41, 5.74) is 2.01. The second-order valence-electron chi connectivity index (χ2n) is 7.30. The predicted molar refractivity (Wildman–Crippen MR) is 127 cm³/mol. The summed E-state index contributed by atoms with van der Waals surface area (Å²) in [4.78, 5) is 12.8. The molecule has 11 heteroatoms. The van der Waals surface area contributed by atoms with Gasteiger partial charge in [-0.15, -0.1) is 15.3 Å². The Morgan fingerprint density at radius 1 is 0.943 bits per heavy atom. The van der Waals surface area contributed by atoms with E-state index in [-0.39, 0.29) is 23.0 Å². The zero-order chi connectivity index (χ0) is 24.2. The van der Waals surface area contributed by atoms with Crippen LogP contribution in [0.3, 0.4) is 0 Å². The maximum atomic E-state index is 14.5. The van der Waals surface area contributed by atoms with Gasteiger partial charge in [-0.2, -0.15) is 0 Å². The number of hydrogen-bond donors (Lipinski definition) is 1. The van der Waals surface area contributed by atoms with Crippen LogP contribution >= 0.6 is 11.8 Å². The van der Waals surface area contributed by atoms with Gasteiger partial charge in [-0.1, -0.05) is 41.2 Å². The molecule has 1 N–H and O–H groups in total. The smallest absolute Gasteiger partial charge is 0.234 e. The van der Waals surface area contributed by atoms with E-state index in [0.717, 1.165) is 11.8 Å². The molecular formula is C24H17F2N7OS. The second-order valence-corrected chi connectivity index (χ2v) is 8.24. The van der Waals surface area contributed by atoms with Crippen LogP contribution in [0, 0.1) is 11.6 Å². The van der Waals surface area contributed by atoms with E-state index in [1.807, 2.05) is 12.1 Å². The first kappa shape index (κ1) is 22.4. The number of thioether (sulfide) groups is 1. The lowest BCUT2D eigenvalue weighted by atomic mass is 10.2. The van der Waals surface area contributed by atoms with Crippen molar-refractivity contribution in [3.8, 4) is 22.8 Å². The van der Waals surface area contributed by atoms with Crippen LogP contribution < -0.4 is 5.32 Å². The number of amides is 1. The Balaban J connectivity index is 1.41. The van der Waals surface area contributed by atoms with E-state index in [9.17, 15) is 13.6 Å². The number of nitrogens with one attached hydrogen (secondary N) is 1. The Morgan fingerprint density at radius 3 is 2.49 bits per heavy atom. The molecule has 3 aromatic carbocycles. The predicted octanol–water partition coefficient (Wildman–Crippen LogP) is 4.52. The minimum absolute atomic E-state index is 0.00227. The van der Waals surface area contributed by atoms with Gasteiger partial charge in [0.05, 0.1) is 35.1 Å². The quantitative estimate of drug-likeness (QED) is 0.338. The third-order valence-corrected chi connectivity index (χ3v) is 5.94. The molecule has 0 bridgehead atoms. The zero-order valence-electron chi connectivity index (χ0n) is 18.0. The van der Waals surface area contributed by atoms with Gasteiger partial charge in [-0.3, -0.25) is 9.36 Å². The Labute approximate surface area is 202 Å². The normalized spacial score (nSPS) is 10.9. The Morgan fingerprint density at radius 2 is 1.71 bits per heavy atom. The molecule has 0 fully saturated rings. The van der Waals surface area contributed by atoms with Crippen LogP contribution in [0.2, 0.25) is 0 Å².